The number of amides is 1. The lowest BCUT2D eigenvalue weighted by Crippen LogP contribution is -2.56. The molecule has 2 aliphatic rings. The van der Waals surface area contributed by atoms with Crippen LogP contribution >= 0.6 is 12.2 Å². The van der Waals surface area contributed by atoms with Crippen LogP contribution in [0.1, 0.15) is 39.0 Å². The number of nitrogens with one attached hydrogen (secondary N) is 1. The lowest BCUT2D eigenvalue weighted by molar-refractivity contribution is 0.0606. The van der Waals surface area contributed by atoms with Gasteiger partial charge >= 0.3 is 6.09 Å². The Labute approximate surface area is 107 Å². The van der Waals surface area contributed by atoms with Gasteiger partial charge in [0.2, 0.25) is 0 Å². The van der Waals surface area contributed by atoms with Crippen LogP contribution in [0.4, 0.5) is 4.79 Å². The highest BCUT2D eigenvalue weighted by Crippen LogP contribution is 2.36. The molecule has 0 atom stereocenters. The Bertz CT molecular complexity index is 329. The first-order valence-corrected chi connectivity index (χ1v) is 6.54. The van der Waals surface area contributed by atoms with E-state index in [1.807, 2.05) is 14.0 Å². The zero-order valence-corrected chi connectivity index (χ0v) is 11.2. The molecule has 0 aromatic rings. The maximum absolute atomic E-state index is 12.0. The molecule has 2 rings (SSSR count). The lowest BCUT2D eigenvalue weighted by atomic mass is 9.89. The average Bonchev–Trinajstić information content (AvgIpc) is 2.52. The Morgan fingerprint density at radius 3 is 2.71 bits per heavy atom. The summed E-state index contributed by atoms with van der Waals surface area (Å²) in [5.74, 6) is 0. The van der Waals surface area contributed by atoms with Crippen molar-refractivity contribution >= 4 is 23.4 Å². The van der Waals surface area contributed by atoms with Gasteiger partial charge in [0.25, 0.3) is 0 Å². The van der Waals surface area contributed by atoms with Crippen molar-refractivity contribution in [3.8, 4) is 0 Å². The fraction of sp³-hybridized carbons (Fsp3) is 0.818. The van der Waals surface area contributed by atoms with Crippen LogP contribution < -0.4 is 5.43 Å². The molecule has 6 heteroatoms. The molecule has 0 aromatic carbocycles. The van der Waals surface area contributed by atoms with Crippen LogP contribution in [0.5, 0.6) is 0 Å². The van der Waals surface area contributed by atoms with Crippen molar-refractivity contribution in [1.29, 1.82) is 0 Å². The Morgan fingerprint density at radius 1 is 1.47 bits per heavy atom. The van der Waals surface area contributed by atoms with E-state index in [1.54, 1.807) is 9.91 Å². The number of carbonyl (C=O) groups is 1. The number of thiocarbonyl (C=S) groups is 1. The van der Waals surface area contributed by atoms with Crippen LogP contribution in [0.3, 0.4) is 0 Å². The van der Waals surface area contributed by atoms with Crippen molar-refractivity contribution in [3.63, 3.8) is 0 Å². The van der Waals surface area contributed by atoms with Crippen molar-refractivity contribution in [2.75, 3.05) is 13.7 Å². The van der Waals surface area contributed by atoms with E-state index in [1.165, 1.54) is 6.42 Å². The molecule has 1 aliphatic carbocycles. The highest BCUT2D eigenvalue weighted by atomic mass is 32.1. The third kappa shape index (κ3) is 2.11. The Morgan fingerprint density at radius 2 is 2.12 bits per heavy atom. The molecule has 17 heavy (non-hydrogen) atoms. The van der Waals surface area contributed by atoms with Gasteiger partial charge in [-0.1, -0.05) is 6.42 Å². The molecule has 1 saturated heterocycles. The molecule has 1 heterocycles. The van der Waals surface area contributed by atoms with Crippen molar-refractivity contribution in [2.24, 2.45) is 0 Å². The van der Waals surface area contributed by atoms with Gasteiger partial charge in [0.1, 0.15) is 5.66 Å². The molecule has 5 nitrogen and oxygen atoms in total. The van der Waals surface area contributed by atoms with Gasteiger partial charge in [-0.15, -0.1) is 0 Å². The van der Waals surface area contributed by atoms with E-state index in [-0.39, 0.29) is 11.8 Å². The van der Waals surface area contributed by atoms with E-state index in [4.69, 9.17) is 17.0 Å². The highest BCUT2D eigenvalue weighted by Gasteiger charge is 2.50. The lowest BCUT2D eigenvalue weighted by Gasteiger charge is -2.38. The van der Waals surface area contributed by atoms with Gasteiger partial charge in [-0.25, -0.2) is 15.1 Å². The van der Waals surface area contributed by atoms with Crippen LogP contribution in [0.2, 0.25) is 0 Å². The van der Waals surface area contributed by atoms with Crippen LogP contribution in [-0.2, 0) is 4.74 Å². The maximum atomic E-state index is 12.0. The summed E-state index contributed by atoms with van der Waals surface area (Å²) in [6, 6.07) is 0. The van der Waals surface area contributed by atoms with Crippen molar-refractivity contribution in [2.45, 2.75) is 44.7 Å². The average molecular weight is 257 g/mol. The Kier molecular flexibility index (Phi) is 3.53. The fourth-order valence-electron chi connectivity index (χ4n) is 2.66. The minimum atomic E-state index is -0.351. The molecule has 0 bridgehead atoms. The van der Waals surface area contributed by atoms with Gasteiger partial charge in [0.05, 0.1) is 6.61 Å². The molecule has 2 fully saturated rings. The number of ether oxygens (including phenoxy) is 1. The van der Waals surface area contributed by atoms with Gasteiger partial charge in [-0.2, -0.15) is 0 Å². The first-order valence-electron chi connectivity index (χ1n) is 6.13. The monoisotopic (exact) mass is 257 g/mol. The third-order valence-corrected chi connectivity index (χ3v) is 3.87. The Balaban J connectivity index is 2.23. The summed E-state index contributed by atoms with van der Waals surface area (Å²) in [7, 11) is 1.85. The summed E-state index contributed by atoms with van der Waals surface area (Å²) in [6.07, 6.45) is 4.96. The summed E-state index contributed by atoms with van der Waals surface area (Å²) in [5, 5.41) is 2.25. The predicted octanol–water partition coefficient (Wildman–Crippen LogP) is 1.84. The second-order valence-corrected chi connectivity index (χ2v) is 4.95. The van der Waals surface area contributed by atoms with E-state index >= 15 is 0 Å². The number of hydrogen-bond donors (Lipinski definition) is 1. The van der Waals surface area contributed by atoms with Crippen LogP contribution in [-0.4, -0.2) is 40.4 Å². The first-order chi connectivity index (χ1) is 8.10. The van der Waals surface area contributed by atoms with E-state index in [2.05, 4.69) is 5.43 Å². The zero-order chi connectivity index (χ0) is 12.5. The molecule has 1 amide bonds. The number of hydrazine groups is 1. The maximum Gasteiger partial charge on any atom is 0.417 e. The molecular formula is C11H19N3O2S. The summed E-state index contributed by atoms with van der Waals surface area (Å²) < 4.78 is 5.10. The summed E-state index contributed by atoms with van der Waals surface area (Å²) in [5.41, 5.74) is 2.97. The summed E-state index contributed by atoms with van der Waals surface area (Å²) in [6.45, 7) is 2.18. The van der Waals surface area contributed by atoms with Gasteiger partial charge < -0.3 is 4.74 Å². The number of rotatable bonds is 1. The standard InChI is InChI=1S/C11H19N3O2S/c1-3-16-10(15)14-9(17)13(2)12-11(14)7-5-4-6-8-11/h12H,3-8H2,1-2H3. The van der Waals surface area contributed by atoms with E-state index in [0.717, 1.165) is 25.7 Å². The quantitative estimate of drug-likeness (QED) is 0.726. The summed E-state index contributed by atoms with van der Waals surface area (Å²) >= 11 is 5.30. The fourth-order valence-corrected chi connectivity index (χ4v) is 2.95. The van der Waals surface area contributed by atoms with Gasteiger partial charge in [0.15, 0.2) is 5.11 Å². The largest absolute Gasteiger partial charge is 0.449 e. The smallest absolute Gasteiger partial charge is 0.417 e. The van der Waals surface area contributed by atoms with E-state index in [9.17, 15) is 4.79 Å². The van der Waals surface area contributed by atoms with E-state index in [0.29, 0.717) is 11.7 Å². The molecule has 0 unspecified atom stereocenters. The zero-order valence-electron chi connectivity index (χ0n) is 10.4. The van der Waals surface area contributed by atoms with Gasteiger partial charge in [0, 0.05) is 7.05 Å². The normalized spacial score (nSPS) is 23.3. The second kappa shape index (κ2) is 4.78. The molecule has 96 valence electrons. The van der Waals surface area contributed by atoms with Crippen LogP contribution in [0, 0.1) is 0 Å². The topological polar surface area (TPSA) is 44.8 Å². The van der Waals surface area contributed by atoms with Crippen LogP contribution in [0.25, 0.3) is 0 Å². The minimum Gasteiger partial charge on any atom is -0.449 e. The van der Waals surface area contributed by atoms with Crippen molar-refractivity contribution in [3.05, 3.63) is 0 Å². The third-order valence-electron chi connectivity index (χ3n) is 3.41. The number of nitrogens with zero attached hydrogens (tertiary/aromatic N) is 2. The van der Waals surface area contributed by atoms with E-state index < -0.39 is 0 Å². The number of hydrogen-bond acceptors (Lipinski definition) is 4. The molecule has 1 saturated carbocycles. The molecule has 0 aromatic heterocycles. The Hall–Kier alpha value is -0.880. The molecule has 1 spiro atoms. The number of carbonyl (C=O) groups excluding carboxylic acids is 1. The van der Waals surface area contributed by atoms with Gasteiger partial charge in [-0.3, -0.25) is 5.01 Å². The van der Waals surface area contributed by atoms with Crippen molar-refractivity contribution < 1.29 is 9.53 Å². The SMILES string of the molecule is CCOC(=O)N1C(=S)N(C)NC12CCCCC2. The predicted molar refractivity (Wildman–Crippen MR) is 68.2 cm³/mol. The first kappa shape index (κ1) is 12.6. The minimum absolute atomic E-state index is 0.337. The second-order valence-electron chi connectivity index (χ2n) is 4.58. The summed E-state index contributed by atoms with van der Waals surface area (Å²) in [4.78, 5) is 13.6. The highest BCUT2D eigenvalue weighted by molar-refractivity contribution is 7.80. The molecule has 1 N–H and O–H groups in total. The van der Waals surface area contributed by atoms with Crippen molar-refractivity contribution in [1.82, 2.24) is 15.3 Å². The van der Waals surface area contributed by atoms with Crippen LogP contribution in [0.15, 0.2) is 0 Å². The molecule has 0 radical (unpaired) electrons. The molecular weight excluding hydrogens is 238 g/mol. The molecule has 1 aliphatic heterocycles. The van der Waals surface area contributed by atoms with Gasteiger partial charge in [-0.05, 0) is 44.8 Å².